The maximum atomic E-state index is 13.8. The van der Waals surface area contributed by atoms with Crippen LogP contribution >= 0.6 is 11.3 Å². The predicted octanol–water partition coefficient (Wildman–Crippen LogP) is 3.97. The molecule has 0 aliphatic heterocycles. The standard InChI is InChI=1S/C29H33N3O7S/c1-29(2,3)31-27(35)25(19-11-14-21(37-4)22(16-19)38-5)32(20-12-9-18(10-13-20)28(36)39-6)24(33)17-30-26(34)23-8-7-15-40-23/h7-16,25H,17H2,1-6H3,(H,30,34)(H,31,35)/t25-/m0/s1. The number of esters is 1. The Bertz CT molecular complexity index is 1350. The highest BCUT2D eigenvalue weighted by Gasteiger charge is 2.35. The van der Waals surface area contributed by atoms with Crippen molar-refractivity contribution in [2.45, 2.75) is 32.4 Å². The Hall–Kier alpha value is -4.38. The maximum Gasteiger partial charge on any atom is 0.337 e. The van der Waals surface area contributed by atoms with Crippen molar-refractivity contribution < 1.29 is 33.4 Å². The fraction of sp³-hybridized carbons (Fsp3) is 0.310. The van der Waals surface area contributed by atoms with E-state index in [-0.39, 0.29) is 12.1 Å². The van der Waals surface area contributed by atoms with E-state index in [1.807, 2.05) is 20.8 Å². The second-order valence-corrected chi connectivity index (χ2v) is 10.7. The lowest BCUT2D eigenvalue weighted by Crippen LogP contribution is -2.51. The number of hydrogen-bond donors (Lipinski definition) is 2. The Labute approximate surface area is 237 Å². The van der Waals surface area contributed by atoms with Crippen molar-refractivity contribution in [1.29, 1.82) is 0 Å². The number of thiophene rings is 1. The predicted molar refractivity (Wildman–Crippen MR) is 152 cm³/mol. The Balaban J connectivity index is 2.12. The van der Waals surface area contributed by atoms with E-state index in [1.165, 1.54) is 49.7 Å². The van der Waals surface area contributed by atoms with Gasteiger partial charge in [0.25, 0.3) is 5.91 Å². The van der Waals surface area contributed by atoms with Gasteiger partial charge in [0.1, 0.15) is 6.04 Å². The molecule has 11 heteroatoms. The van der Waals surface area contributed by atoms with Crippen molar-refractivity contribution in [1.82, 2.24) is 10.6 Å². The SMILES string of the molecule is COC(=O)c1ccc(N(C(=O)CNC(=O)c2cccs2)[C@H](C(=O)NC(C)(C)C)c2ccc(OC)c(OC)c2)cc1. The van der Waals surface area contributed by atoms with E-state index in [1.54, 1.807) is 47.8 Å². The first-order valence-electron chi connectivity index (χ1n) is 12.3. The summed E-state index contributed by atoms with van der Waals surface area (Å²) >= 11 is 1.25. The first-order valence-corrected chi connectivity index (χ1v) is 13.2. The van der Waals surface area contributed by atoms with Gasteiger partial charge in [0.15, 0.2) is 11.5 Å². The van der Waals surface area contributed by atoms with E-state index in [4.69, 9.17) is 14.2 Å². The number of carbonyl (C=O) groups is 4. The highest BCUT2D eigenvalue weighted by atomic mass is 32.1. The lowest BCUT2D eigenvalue weighted by molar-refractivity contribution is -0.127. The first kappa shape index (κ1) is 30.2. The summed E-state index contributed by atoms with van der Waals surface area (Å²) in [6.07, 6.45) is 0. The lowest BCUT2D eigenvalue weighted by Gasteiger charge is -2.34. The number of anilines is 1. The molecule has 10 nitrogen and oxygen atoms in total. The van der Waals surface area contributed by atoms with E-state index in [0.717, 1.165) is 0 Å². The molecule has 2 N–H and O–H groups in total. The summed E-state index contributed by atoms with van der Waals surface area (Å²) in [5.74, 6) is -1.16. The summed E-state index contributed by atoms with van der Waals surface area (Å²) in [6.45, 7) is 5.10. The zero-order chi connectivity index (χ0) is 29.4. The molecule has 0 spiro atoms. The molecule has 0 aliphatic carbocycles. The molecule has 3 rings (SSSR count). The van der Waals surface area contributed by atoms with Crippen LogP contribution in [-0.4, -0.2) is 57.1 Å². The lowest BCUT2D eigenvalue weighted by atomic mass is 10.00. The van der Waals surface area contributed by atoms with Gasteiger partial charge in [-0.1, -0.05) is 12.1 Å². The van der Waals surface area contributed by atoms with Crippen LogP contribution in [0.3, 0.4) is 0 Å². The van der Waals surface area contributed by atoms with Crippen LogP contribution in [0.25, 0.3) is 0 Å². The van der Waals surface area contributed by atoms with E-state index >= 15 is 0 Å². The van der Waals surface area contributed by atoms with Crippen molar-refractivity contribution in [2.75, 3.05) is 32.8 Å². The number of amides is 3. The Morgan fingerprint density at radius 3 is 2.15 bits per heavy atom. The van der Waals surface area contributed by atoms with Crippen LogP contribution in [0.5, 0.6) is 11.5 Å². The highest BCUT2D eigenvalue weighted by molar-refractivity contribution is 7.12. The van der Waals surface area contributed by atoms with Gasteiger partial charge in [-0.05, 0) is 74.2 Å². The number of carbonyl (C=O) groups excluding carboxylic acids is 4. The number of ether oxygens (including phenoxy) is 3. The average molecular weight is 568 g/mol. The van der Waals surface area contributed by atoms with Gasteiger partial charge in [-0.25, -0.2) is 4.79 Å². The third kappa shape index (κ3) is 7.38. The Kier molecular flexibility index (Phi) is 9.89. The van der Waals surface area contributed by atoms with Crippen molar-refractivity contribution in [2.24, 2.45) is 0 Å². The molecule has 0 saturated carbocycles. The third-order valence-electron chi connectivity index (χ3n) is 5.71. The molecule has 40 heavy (non-hydrogen) atoms. The van der Waals surface area contributed by atoms with Crippen molar-refractivity contribution >= 4 is 40.7 Å². The van der Waals surface area contributed by atoms with Crippen LogP contribution in [-0.2, 0) is 14.3 Å². The van der Waals surface area contributed by atoms with Gasteiger partial charge in [0.05, 0.1) is 38.3 Å². The van der Waals surface area contributed by atoms with Gasteiger partial charge in [0, 0.05) is 11.2 Å². The van der Waals surface area contributed by atoms with Crippen LogP contribution in [0, 0.1) is 0 Å². The minimum Gasteiger partial charge on any atom is -0.493 e. The second kappa shape index (κ2) is 13.1. The molecule has 212 valence electrons. The quantitative estimate of drug-likeness (QED) is 0.356. The number of methoxy groups -OCH3 is 3. The summed E-state index contributed by atoms with van der Waals surface area (Å²) in [4.78, 5) is 54.1. The number of hydrogen-bond acceptors (Lipinski definition) is 8. The van der Waals surface area contributed by atoms with E-state index in [9.17, 15) is 19.2 Å². The number of rotatable bonds is 10. The molecule has 0 radical (unpaired) electrons. The van der Waals surface area contributed by atoms with E-state index < -0.39 is 35.3 Å². The summed E-state index contributed by atoms with van der Waals surface area (Å²) in [6, 6.07) is 13.2. The van der Waals surface area contributed by atoms with E-state index in [2.05, 4.69) is 10.6 Å². The van der Waals surface area contributed by atoms with Crippen LogP contribution < -0.4 is 25.0 Å². The van der Waals surface area contributed by atoms with Gasteiger partial charge in [-0.2, -0.15) is 0 Å². The van der Waals surface area contributed by atoms with Gasteiger partial charge in [-0.15, -0.1) is 11.3 Å². The number of benzene rings is 2. The average Bonchev–Trinajstić information content (AvgIpc) is 3.48. The van der Waals surface area contributed by atoms with Crippen LogP contribution in [0.4, 0.5) is 5.69 Å². The Morgan fingerprint density at radius 1 is 0.925 bits per heavy atom. The summed E-state index contributed by atoms with van der Waals surface area (Å²) in [5.41, 5.74) is 0.413. The minimum atomic E-state index is -1.17. The smallest absolute Gasteiger partial charge is 0.337 e. The molecular formula is C29H33N3O7S. The fourth-order valence-electron chi connectivity index (χ4n) is 3.93. The van der Waals surface area contributed by atoms with Gasteiger partial charge < -0.3 is 24.8 Å². The van der Waals surface area contributed by atoms with Crippen molar-refractivity contribution in [3.05, 3.63) is 76.0 Å². The summed E-state index contributed by atoms with van der Waals surface area (Å²) in [7, 11) is 4.24. The third-order valence-corrected chi connectivity index (χ3v) is 6.58. The fourth-order valence-corrected chi connectivity index (χ4v) is 4.57. The topological polar surface area (TPSA) is 123 Å². The highest BCUT2D eigenvalue weighted by Crippen LogP contribution is 2.35. The molecule has 0 aliphatic rings. The number of nitrogens with one attached hydrogen (secondary N) is 2. The van der Waals surface area contributed by atoms with Gasteiger partial charge in [-0.3, -0.25) is 19.3 Å². The van der Waals surface area contributed by atoms with Gasteiger partial charge in [0.2, 0.25) is 11.8 Å². The monoisotopic (exact) mass is 567 g/mol. The Morgan fingerprint density at radius 2 is 1.60 bits per heavy atom. The molecule has 0 unspecified atom stereocenters. The van der Waals surface area contributed by atoms with Crippen molar-refractivity contribution in [3.8, 4) is 11.5 Å². The van der Waals surface area contributed by atoms with Crippen molar-refractivity contribution in [3.63, 3.8) is 0 Å². The molecule has 3 amide bonds. The van der Waals surface area contributed by atoms with Gasteiger partial charge >= 0.3 is 5.97 Å². The molecule has 1 heterocycles. The molecular weight excluding hydrogens is 534 g/mol. The largest absolute Gasteiger partial charge is 0.493 e. The molecule has 1 aromatic heterocycles. The maximum absolute atomic E-state index is 13.8. The molecule has 0 bridgehead atoms. The van der Waals surface area contributed by atoms with Crippen LogP contribution in [0.1, 0.15) is 52.4 Å². The normalized spacial score (nSPS) is 11.7. The molecule has 1 atom stereocenters. The second-order valence-electron chi connectivity index (χ2n) is 9.72. The number of nitrogens with zero attached hydrogens (tertiary/aromatic N) is 1. The summed E-state index contributed by atoms with van der Waals surface area (Å²) in [5, 5.41) is 7.35. The minimum absolute atomic E-state index is 0.270. The van der Waals surface area contributed by atoms with Crippen LogP contribution in [0.2, 0.25) is 0 Å². The summed E-state index contributed by atoms with van der Waals surface area (Å²) < 4.78 is 15.6. The molecule has 2 aromatic carbocycles. The van der Waals surface area contributed by atoms with Crippen LogP contribution in [0.15, 0.2) is 60.0 Å². The zero-order valence-electron chi connectivity index (χ0n) is 23.3. The first-order chi connectivity index (χ1) is 19.0. The molecule has 3 aromatic rings. The van der Waals surface area contributed by atoms with E-state index in [0.29, 0.717) is 27.6 Å². The molecule has 0 fully saturated rings. The molecule has 0 saturated heterocycles. The zero-order valence-corrected chi connectivity index (χ0v) is 24.1.